The van der Waals surface area contributed by atoms with Gasteiger partial charge < -0.3 is 24.6 Å². The summed E-state index contributed by atoms with van der Waals surface area (Å²) in [7, 11) is 3.81. The molecule has 0 aliphatic carbocycles. The molecule has 1 aliphatic rings. The zero-order valence-electron chi connectivity index (χ0n) is 23.9. The first-order chi connectivity index (χ1) is 20.1. The average molecular weight is 582 g/mol. The monoisotopic (exact) mass is 581 g/mol. The number of nitrogens with zero attached hydrogens (tertiary/aromatic N) is 4. The molecule has 1 N–H and O–H groups in total. The van der Waals surface area contributed by atoms with E-state index in [1.807, 2.05) is 73.3 Å². The van der Waals surface area contributed by atoms with E-state index >= 15 is 0 Å². The van der Waals surface area contributed by atoms with Crippen molar-refractivity contribution in [2.75, 3.05) is 51.8 Å². The van der Waals surface area contributed by atoms with E-state index in [0.717, 1.165) is 28.8 Å². The van der Waals surface area contributed by atoms with E-state index in [4.69, 9.17) is 9.47 Å². The van der Waals surface area contributed by atoms with Crippen molar-refractivity contribution < 1.29 is 27.4 Å². The average Bonchev–Trinajstić information content (AvgIpc) is 2.97. The van der Waals surface area contributed by atoms with Crippen LogP contribution in [0.2, 0.25) is 0 Å². The topological polar surface area (TPSA) is 90.7 Å². The molecule has 11 heteroatoms. The summed E-state index contributed by atoms with van der Waals surface area (Å²) in [6.07, 6.45) is -2.68. The molecule has 0 saturated carbocycles. The normalized spacial score (nSPS) is 14.8. The van der Waals surface area contributed by atoms with Crippen LogP contribution in [0.5, 0.6) is 5.88 Å². The van der Waals surface area contributed by atoms with Gasteiger partial charge in [-0.15, -0.1) is 0 Å². The van der Waals surface area contributed by atoms with Gasteiger partial charge in [0.1, 0.15) is 11.7 Å². The summed E-state index contributed by atoms with van der Waals surface area (Å²) >= 11 is 0. The van der Waals surface area contributed by atoms with Crippen molar-refractivity contribution >= 4 is 11.8 Å². The number of halogens is 3. The molecule has 8 nitrogen and oxygen atoms in total. The molecule has 1 fully saturated rings. The number of ether oxygens (including phenoxy) is 2. The summed E-state index contributed by atoms with van der Waals surface area (Å²) in [4.78, 5) is 21.1. The molecule has 2 aromatic carbocycles. The van der Waals surface area contributed by atoms with Gasteiger partial charge in [0, 0.05) is 50.8 Å². The molecule has 1 aromatic heterocycles. The molecule has 1 amide bonds. The molecule has 2 heterocycles. The Labute approximate surface area is 243 Å². The van der Waals surface area contributed by atoms with Gasteiger partial charge in [0.15, 0.2) is 0 Å². The van der Waals surface area contributed by atoms with Crippen molar-refractivity contribution in [1.82, 2.24) is 15.2 Å². The van der Waals surface area contributed by atoms with Crippen LogP contribution in [-0.2, 0) is 16.5 Å². The maximum Gasteiger partial charge on any atom is 0.416 e. The fourth-order valence-electron chi connectivity index (χ4n) is 5.05. The number of carbonyl (C=O) groups excluding carboxylic acids is 1. The molecule has 222 valence electrons. The van der Waals surface area contributed by atoms with Gasteiger partial charge in [-0.2, -0.15) is 18.4 Å². The van der Waals surface area contributed by atoms with Crippen molar-refractivity contribution in [1.29, 1.82) is 5.26 Å². The van der Waals surface area contributed by atoms with Crippen molar-refractivity contribution in [2.45, 2.75) is 31.5 Å². The van der Waals surface area contributed by atoms with Crippen LogP contribution in [0.15, 0.2) is 60.8 Å². The number of alkyl carbamates (subject to hydrolysis) is 1. The van der Waals surface area contributed by atoms with Crippen LogP contribution in [0.25, 0.3) is 11.1 Å². The summed E-state index contributed by atoms with van der Waals surface area (Å²) in [6, 6.07) is 16.5. The summed E-state index contributed by atoms with van der Waals surface area (Å²) in [5, 5.41) is 12.4. The second kappa shape index (κ2) is 13.1. The Morgan fingerprint density at radius 3 is 2.48 bits per heavy atom. The molecule has 42 heavy (non-hydrogen) atoms. The number of carbonyl (C=O) groups is 1. The number of alkyl halides is 3. The quantitative estimate of drug-likeness (QED) is 0.341. The minimum absolute atomic E-state index is 0.0504. The third kappa shape index (κ3) is 7.12. The molecule has 3 aromatic rings. The van der Waals surface area contributed by atoms with Crippen LogP contribution >= 0.6 is 0 Å². The van der Waals surface area contributed by atoms with Crippen LogP contribution in [0.4, 0.5) is 23.7 Å². The largest absolute Gasteiger partial charge is 0.478 e. The predicted octanol–water partition coefficient (Wildman–Crippen LogP) is 5.82. The van der Waals surface area contributed by atoms with Gasteiger partial charge in [0.25, 0.3) is 0 Å². The maximum absolute atomic E-state index is 13.2. The Morgan fingerprint density at radius 2 is 1.86 bits per heavy atom. The Kier molecular flexibility index (Phi) is 9.58. The van der Waals surface area contributed by atoms with Gasteiger partial charge in [-0.05, 0) is 62.5 Å². The first-order valence-electron chi connectivity index (χ1n) is 13.7. The molecule has 1 aliphatic heterocycles. The lowest BCUT2D eigenvalue weighted by atomic mass is 9.83. The van der Waals surface area contributed by atoms with E-state index in [1.54, 1.807) is 6.20 Å². The fourth-order valence-corrected chi connectivity index (χ4v) is 5.05. The number of hydrogen-bond acceptors (Lipinski definition) is 7. The number of aromatic nitrogens is 1. The number of piperidine rings is 1. The third-order valence-corrected chi connectivity index (χ3v) is 7.25. The number of nitriles is 1. The minimum atomic E-state index is -4.54. The second-order valence-corrected chi connectivity index (χ2v) is 10.3. The van der Waals surface area contributed by atoms with Crippen molar-refractivity contribution in [3.63, 3.8) is 0 Å². The second-order valence-electron chi connectivity index (χ2n) is 10.3. The highest BCUT2D eigenvalue weighted by Crippen LogP contribution is 2.41. The minimum Gasteiger partial charge on any atom is -0.478 e. The number of anilines is 1. The zero-order valence-corrected chi connectivity index (χ0v) is 23.9. The van der Waals surface area contributed by atoms with Gasteiger partial charge in [-0.1, -0.05) is 24.3 Å². The molecule has 0 bridgehead atoms. The number of amides is 1. The van der Waals surface area contributed by atoms with Crippen LogP contribution in [-0.4, -0.2) is 62.9 Å². The highest BCUT2D eigenvalue weighted by atomic mass is 19.4. The van der Waals surface area contributed by atoms with Crippen LogP contribution < -0.4 is 15.0 Å². The van der Waals surface area contributed by atoms with E-state index in [9.17, 15) is 23.2 Å². The lowest BCUT2D eigenvalue weighted by molar-refractivity contribution is -0.137. The van der Waals surface area contributed by atoms with Gasteiger partial charge in [-0.25, -0.2) is 9.78 Å². The van der Waals surface area contributed by atoms with E-state index in [1.165, 1.54) is 6.07 Å². The number of nitrogens with one attached hydrogen (secondary N) is 1. The predicted molar refractivity (Wildman–Crippen MR) is 153 cm³/mol. The van der Waals surface area contributed by atoms with Crippen LogP contribution in [0.3, 0.4) is 0 Å². The van der Waals surface area contributed by atoms with Crippen LogP contribution in [0, 0.1) is 11.3 Å². The summed E-state index contributed by atoms with van der Waals surface area (Å²) in [5.74, 6) is 0.525. The lowest BCUT2D eigenvalue weighted by Gasteiger charge is -2.42. The number of pyridine rings is 1. The van der Waals surface area contributed by atoms with E-state index in [-0.39, 0.29) is 5.56 Å². The van der Waals surface area contributed by atoms with E-state index in [2.05, 4.69) is 10.3 Å². The fraction of sp³-hybridized carbons (Fsp3) is 0.387. The smallest absolute Gasteiger partial charge is 0.416 e. The summed E-state index contributed by atoms with van der Waals surface area (Å²) < 4.78 is 51.5. The van der Waals surface area contributed by atoms with Gasteiger partial charge in [0.2, 0.25) is 5.88 Å². The van der Waals surface area contributed by atoms with Gasteiger partial charge in [-0.3, -0.25) is 0 Å². The molecule has 0 spiro atoms. The zero-order chi connectivity index (χ0) is 30.3. The number of rotatable bonds is 9. The number of likely N-dealkylation sites (N-methyl/N-ethyl adjacent to an activating group) is 1. The van der Waals surface area contributed by atoms with Gasteiger partial charge in [0.05, 0.1) is 23.4 Å². The Morgan fingerprint density at radius 1 is 1.14 bits per heavy atom. The van der Waals surface area contributed by atoms with Crippen molar-refractivity contribution in [3.8, 4) is 23.1 Å². The SMILES string of the molecule is CCOc1ncccc1-c1ccc(C2(OC(=O)NCCN(C)C)CCN(c3ccc(C(F)(F)F)cc3C#N)CC2)cc1. The van der Waals surface area contributed by atoms with Crippen LogP contribution in [0.1, 0.15) is 36.5 Å². The van der Waals surface area contributed by atoms with Gasteiger partial charge >= 0.3 is 12.3 Å². The number of benzene rings is 2. The molecule has 4 rings (SSSR count). The molecular weight excluding hydrogens is 547 g/mol. The maximum atomic E-state index is 13.2. The Bertz CT molecular complexity index is 1410. The Balaban J connectivity index is 1.60. The first-order valence-corrected chi connectivity index (χ1v) is 13.7. The molecule has 1 saturated heterocycles. The molecule has 0 radical (unpaired) electrons. The summed E-state index contributed by atoms with van der Waals surface area (Å²) in [5.41, 5.74) is 1.05. The highest BCUT2D eigenvalue weighted by Gasteiger charge is 2.41. The van der Waals surface area contributed by atoms with E-state index in [0.29, 0.717) is 57.2 Å². The molecule has 0 unspecified atom stereocenters. The van der Waals surface area contributed by atoms with Crippen molar-refractivity contribution in [2.24, 2.45) is 0 Å². The van der Waals surface area contributed by atoms with E-state index < -0.39 is 23.4 Å². The Hall–Kier alpha value is -4.30. The highest BCUT2D eigenvalue weighted by molar-refractivity contribution is 5.70. The first kappa shape index (κ1) is 30.7. The molecule has 0 atom stereocenters. The third-order valence-electron chi connectivity index (χ3n) is 7.25. The standard InChI is InChI=1S/C31H34F3N5O3/c1-4-41-28-26(6-5-15-36-28)22-7-9-24(10-8-22)30(42-29(40)37-16-19-38(2)3)13-17-39(18-14-30)27-12-11-25(31(32,33)34)20-23(27)21-35/h5-12,15,20H,4,13-14,16-19H2,1-3H3,(H,37,40). The lowest BCUT2D eigenvalue weighted by Crippen LogP contribution is -2.47. The molecular formula is C31H34F3N5O3. The summed E-state index contributed by atoms with van der Waals surface area (Å²) in [6.45, 7) is 4.15. The van der Waals surface area contributed by atoms with Crippen molar-refractivity contribution in [3.05, 3.63) is 77.5 Å². The number of hydrogen-bond donors (Lipinski definition) is 1.